The van der Waals surface area contributed by atoms with Crippen molar-refractivity contribution in [3.05, 3.63) is 11.6 Å². The van der Waals surface area contributed by atoms with Crippen molar-refractivity contribution >= 4 is 17.7 Å². The number of aliphatic carboxylic acids is 1. The maximum atomic E-state index is 11.4. The molecule has 5 heteroatoms. The Hall–Kier alpha value is -1.65. The lowest BCUT2D eigenvalue weighted by Gasteiger charge is -2.26. The molecule has 0 fully saturated rings. The van der Waals surface area contributed by atoms with E-state index in [1.165, 1.54) is 13.2 Å². The molecular formula is C10H12O5. The van der Waals surface area contributed by atoms with Crippen LogP contribution >= 0.6 is 0 Å². The van der Waals surface area contributed by atoms with Gasteiger partial charge in [-0.3, -0.25) is 9.59 Å². The van der Waals surface area contributed by atoms with Gasteiger partial charge in [0.05, 0.1) is 18.1 Å². The van der Waals surface area contributed by atoms with E-state index in [-0.39, 0.29) is 18.4 Å². The summed E-state index contributed by atoms with van der Waals surface area (Å²) in [6.07, 6.45) is 1.53. The van der Waals surface area contributed by atoms with Crippen LogP contribution in [0.5, 0.6) is 0 Å². The Morgan fingerprint density at radius 2 is 2.13 bits per heavy atom. The number of ketones is 1. The molecule has 1 aliphatic rings. The lowest BCUT2D eigenvalue weighted by Crippen LogP contribution is -2.33. The minimum absolute atomic E-state index is 0.0593. The molecule has 0 radical (unpaired) electrons. The molecule has 82 valence electrons. The molecule has 0 amide bonds. The number of Topliss-reactive ketones (excluding diaryl/α,β-unsaturated/α-hetero) is 1. The number of carboxylic acid groups (broad SMARTS) is 1. The zero-order valence-electron chi connectivity index (χ0n) is 8.57. The molecule has 0 aromatic carbocycles. The van der Waals surface area contributed by atoms with Crippen molar-refractivity contribution in [3.63, 3.8) is 0 Å². The second kappa shape index (κ2) is 3.84. The molecule has 0 spiro atoms. The van der Waals surface area contributed by atoms with Crippen LogP contribution in [0, 0.1) is 5.41 Å². The fourth-order valence-electron chi connectivity index (χ4n) is 1.55. The van der Waals surface area contributed by atoms with E-state index in [2.05, 4.69) is 4.74 Å². The maximum Gasteiger partial charge on any atom is 0.339 e. The number of hydrogen-bond acceptors (Lipinski definition) is 4. The number of carbonyl (C=O) groups excluding carboxylic acids is 2. The fraction of sp³-hybridized carbons (Fsp3) is 0.500. The van der Waals surface area contributed by atoms with Crippen molar-refractivity contribution in [2.45, 2.75) is 19.8 Å². The number of rotatable bonds is 2. The van der Waals surface area contributed by atoms with E-state index in [9.17, 15) is 14.4 Å². The molecule has 1 atom stereocenters. The Balaban J connectivity index is 3.11. The van der Waals surface area contributed by atoms with Gasteiger partial charge in [0.2, 0.25) is 0 Å². The van der Waals surface area contributed by atoms with Crippen molar-refractivity contribution in [1.29, 1.82) is 0 Å². The molecule has 0 saturated carbocycles. The average Bonchev–Trinajstić information content (AvgIpc) is 2.20. The molecule has 15 heavy (non-hydrogen) atoms. The Morgan fingerprint density at radius 3 is 2.60 bits per heavy atom. The van der Waals surface area contributed by atoms with Gasteiger partial charge in [-0.1, -0.05) is 0 Å². The van der Waals surface area contributed by atoms with Crippen LogP contribution in [0.25, 0.3) is 0 Å². The van der Waals surface area contributed by atoms with Crippen LogP contribution in [0.4, 0.5) is 0 Å². The Labute approximate surface area is 86.7 Å². The van der Waals surface area contributed by atoms with Gasteiger partial charge >= 0.3 is 11.9 Å². The zero-order chi connectivity index (χ0) is 11.6. The van der Waals surface area contributed by atoms with Gasteiger partial charge in [-0.25, -0.2) is 4.79 Å². The van der Waals surface area contributed by atoms with Crippen LogP contribution in [0.1, 0.15) is 19.8 Å². The molecule has 5 nitrogen and oxygen atoms in total. The molecule has 0 aliphatic heterocycles. The number of hydrogen-bond donors (Lipinski definition) is 1. The predicted molar refractivity (Wildman–Crippen MR) is 50.1 cm³/mol. The smallest absolute Gasteiger partial charge is 0.339 e. The van der Waals surface area contributed by atoms with Crippen LogP contribution in [-0.2, 0) is 19.1 Å². The van der Waals surface area contributed by atoms with Crippen LogP contribution < -0.4 is 0 Å². The number of carboxylic acids is 1. The highest BCUT2D eigenvalue weighted by molar-refractivity contribution is 6.17. The Bertz CT molecular complexity index is 355. The SMILES string of the molecule is COC(=O)C1(C)C=C(C(=O)O)C(=O)CC1. The van der Waals surface area contributed by atoms with Crippen molar-refractivity contribution in [1.82, 2.24) is 0 Å². The molecular weight excluding hydrogens is 200 g/mol. The standard InChI is InChI=1S/C10H12O5/c1-10(9(14)15-2)4-3-7(11)6(5-10)8(12)13/h5H,3-4H2,1-2H3,(H,12,13). The van der Waals surface area contributed by atoms with Gasteiger partial charge in [0.15, 0.2) is 5.78 Å². The van der Waals surface area contributed by atoms with Crippen molar-refractivity contribution in [2.24, 2.45) is 5.41 Å². The third-order valence-corrected chi connectivity index (χ3v) is 2.52. The summed E-state index contributed by atoms with van der Waals surface area (Å²) >= 11 is 0. The van der Waals surface area contributed by atoms with E-state index in [0.29, 0.717) is 0 Å². The second-order valence-corrected chi connectivity index (χ2v) is 3.70. The predicted octanol–water partition coefficient (Wildman–Crippen LogP) is 0.540. The topological polar surface area (TPSA) is 80.7 Å². The van der Waals surface area contributed by atoms with E-state index in [4.69, 9.17) is 5.11 Å². The van der Waals surface area contributed by atoms with Gasteiger partial charge in [0.25, 0.3) is 0 Å². The highest BCUT2D eigenvalue weighted by Crippen LogP contribution is 2.33. The lowest BCUT2D eigenvalue weighted by atomic mass is 9.77. The summed E-state index contributed by atoms with van der Waals surface area (Å²) in [7, 11) is 1.23. The first-order chi connectivity index (χ1) is 6.90. The highest BCUT2D eigenvalue weighted by atomic mass is 16.5. The number of ether oxygens (including phenoxy) is 1. The van der Waals surface area contributed by atoms with Crippen LogP contribution in [-0.4, -0.2) is 29.9 Å². The number of methoxy groups -OCH3 is 1. The van der Waals surface area contributed by atoms with E-state index in [0.717, 1.165) is 0 Å². The van der Waals surface area contributed by atoms with Crippen LogP contribution in [0.3, 0.4) is 0 Å². The minimum Gasteiger partial charge on any atom is -0.478 e. The molecule has 1 unspecified atom stereocenters. The summed E-state index contributed by atoms with van der Waals surface area (Å²) in [5.74, 6) is -2.26. The lowest BCUT2D eigenvalue weighted by molar-refractivity contribution is -0.149. The molecule has 0 aromatic rings. The van der Waals surface area contributed by atoms with Gasteiger partial charge in [-0.05, 0) is 19.4 Å². The molecule has 1 rings (SSSR count). The van der Waals surface area contributed by atoms with Crippen molar-refractivity contribution in [3.8, 4) is 0 Å². The van der Waals surface area contributed by atoms with Gasteiger partial charge in [0.1, 0.15) is 0 Å². The van der Waals surface area contributed by atoms with E-state index < -0.39 is 23.1 Å². The summed E-state index contributed by atoms with van der Waals surface area (Å²) in [4.78, 5) is 33.3. The zero-order valence-corrected chi connectivity index (χ0v) is 8.57. The fourth-order valence-corrected chi connectivity index (χ4v) is 1.55. The van der Waals surface area contributed by atoms with Gasteiger partial charge < -0.3 is 9.84 Å². The van der Waals surface area contributed by atoms with Crippen molar-refractivity contribution < 1.29 is 24.2 Å². The van der Waals surface area contributed by atoms with E-state index >= 15 is 0 Å². The molecule has 0 heterocycles. The summed E-state index contributed by atoms with van der Waals surface area (Å²) < 4.78 is 4.57. The normalized spacial score (nSPS) is 25.7. The van der Waals surface area contributed by atoms with Gasteiger partial charge in [0, 0.05) is 6.42 Å². The summed E-state index contributed by atoms with van der Waals surface area (Å²) in [5.41, 5.74) is -1.33. The van der Waals surface area contributed by atoms with Crippen LogP contribution in [0.2, 0.25) is 0 Å². The van der Waals surface area contributed by atoms with Gasteiger partial charge in [-0.15, -0.1) is 0 Å². The minimum atomic E-state index is -1.30. The average molecular weight is 212 g/mol. The van der Waals surface area contributed by atoms with E-state index in [1.807, 2.05) is 0 Å². The van der Waals surface area contributed by atoms with Crippen LogP contribution in [0.15, 0.2) is 11.6 Å². The third-order valence-electron chi connectivity index (χ3n) is 2.52. The first-order valence-corrected chi connectivity index (χ1v) is 4.48. The van der Waals surface area contributed by atoms with Crippen molar-refractivity contribution in [2.75, 3.05) is 7.11 Å². The molecule has 0 aromatic heterocycles. The molecule has 1 N–H and O–H groups in total. The number of carbonyl (C=O) groups is 3. The molecule has 0 saturated heterocycles. The third kappa shape index (κ3) is 2.06. The molecule has 1 aliphatic carbocycles. The second-order valence-electron chi connectivity index (χ2n) is 3.70. The largest absolute Gasteiger partial charge is 0.478 e. The highest BCUT2D eigenvalue weighted by Gasteiger charge is 2.39. The molecule has 0 bridgehead atoms. The van der Waals surface area contributed by atoms with Gasteiger partial charge in [-0.2, -0.15) is 0 Å². The Morgan fingerprint density at radius 1 is 1.53 bits per heavy atom. The first kappa shape index (κ1) is 11.4. The Kier molecular flexibility index (Phi) is 2.93. The summed E-state index contributed by atoms with van der Waals surface area (Å²) in [5, 5.41) is 8.75. The maximum absolute atomic E-state index is 11.4. The van der Waals surface area contributed by atoms with E-state index in [1.54, 1.807) is 6.92 Å². The monoisotopic (exact) mass is 212 g/mol. The number of esters is 1. The first-order valence-electron chi connectivity index (χ1n) is 4.48. The quantitative estimate of drug-likeness (QED) is 0.533. The summed E-state index contributed by atoms with van der Waals surface area (Å²) in [6.45, 7) is 1.56. The summed E-state index contributed by atoms with van der Waals surface area (Å²) in [6, 6.07) is 0.